The molecular formula is C10H20N6O3S. The molecule has 9 nitrogen and oxygen atoms in total. The highest BCUT2D eigenvalue weighted by molar-refractivity contribution is 7.88. The van der Waals surface area contributed by atoms with E-state index in [4.69, 9.17) is 4.74 Å². The van der Waals surface area contributed by atoms with Gasteiger partial charge >= 0.3 is 6.01 Å². The third kappa shape index (κ3) is 6.48. The number of aromatic nitrogens is 3. The van der Waals surface area contributed by atoms with Crippen LogP contribution in [0.25, 0.3) is 0 Å². The van der Waals surface area contributed by atoms with E-state index < -0.39 is 10.0 Å². The zero-order valence-electron chi connectivity index (χ0n) is 11.8. The maximum absolute atomic E-state index is 10.9. The molecule has 0 aromatic carbocycles. The number of anilines is 2. The van der Waals surface area contributed by atoms with Gasteiger partial charge in [0.05, 0.1) is 12.9 Å². The lowest BCUT2D eigenvalue weighted by atomic mass is 10.5. The first-order valence-corrected chi connectivity index (χ1v) is 8.09. The van der Waals surface area contributed by atoms with Crippen molar-refractivity contribution < 1.29 is 13.2 Å². The Kier molecular flexibility index (Phi) is 6.39. The van der Waals surface area contributed by atoms with E-state index in [2.05, 4.69) is 30.3 Å². The topological polar surface area (TPSA) is 118 Å². The largest absolute Gasteiger partial charge is 0.463 e. The molecule has 0 aliphatic carbocycles. The Morgan fingerprint density at radius 3 is 2.45 bits per heavy atom. The Morgan fingerprint density at radius 1 is 1.15 bits per heavy atom. The van der Waals surface area contributed by atoms with Crippen molar-refractivity contribution in [2.24, 2.45) is 0 Å². The monoisotopic (exact) mass is 304 g/mol. The summed E-state index contributed by atoms with van der Waals surface area (Å²) in [5, 5.41) is 5.70. The molecule has 114 valence electrons. The Labute approximate surface area is 118 Å². The second-order valence-electron chi connectivity index (χ2n) is 3.96. The molecule has 0 radical (unpaired) electrons. The average molecular weight is 304 g/mol. The highest BCUT2D eigenvalue weighted by Gasteiger charge is 2.06. The van der Waals surface area contributed by atoms with Crippen LogP contribution in [-0.4, -0.2) is 56.4 Å². The van der Waals surface area contributed by atoms with Crippen molar-refractivity contribution in [2.45, 2.75) is 13.3 Å². The van der Waals surface area contributed by atoms with Gasteiger partial charge in [0.2, 0.25) is 21.9 Å². The van der Waals surface area contributed by atoms with Gasteiger partial charge in [0.25, 0.3) is 0 Å². The number of hydrogen-bond acceptors (Lipinski definition) is 8. The normalized spacial score (nSPS) is 11.2. The second-order valence-corrected chi connectivity index (χ2v) is 5.79. The van der Waals surface area contributed by atoms with Crippen LogP contribution in [-0.2, 0) is 10.0 Å². The fraction of sp³-hybridized carbons (Fsp3) is 0.700. The van der Waals surface area contributed by atoms with Crippen LogP contribution in [0.1, 0.15) is 13.3 Å². The first-order valence-electron chi connectivity index (χ1n) is 6.19. The molecule has 0 spiro atoms. The molecule has 20 heavy (non-hydrogen) atoms. The summed E-state index contributed by atoms with van der Waals surface area (Å²) in [6, 6.07) is 0.227. The molecule has 0 unspecified atom stereocenters. The quantitative estimate of drug-likeness (QED) is 0.530. The summed E-state index contributed by atoms with van der Waals surface area (Å²) < 4.78 is 29.5. The van der Waals surface area contributed by atoms with Crippen molar-refractivity contribution in [3.63, 3.8) is 0 Å². The van der Waals surface area contributed by atoms with Crippen molar-refractivity contribution in [3.05, 3.63) is 0 Å². The van der Waals surface area contributed by atoms with Gasteiger partial charge in [-0.25, -0.2) is 13.1 Å². The minimum atomic E-state index is -3.19. The number of rotatable bonds is 9. The molecule has 0 amide bonds. The lowest BCUT2D eigenvalue weighted by molar-refractivity contribution is 0.292. The summed E-state index contributed by atoms with van der Waals surface area (Å²) in [7, 11) is -1.50. The van der Waals surface area contributed by atoms with Crippen LogP contribution in [0.15, 0.2) is 0 Å². The van der Waals surface area contributed by atoms with E-state index in [9.17, 15) is 8.42 Å². The first-order chi connectivity index (χ1) is 9.44. The standard InChI is InChI=1S/C10H20N6O3S/c1-4-7-19-10-15-8(11-2)14-9(16-10)12-5-6-13-20(3,17)18/h13H,4-7H2,1-3H3,(H2,11,12,14,15,16). The van der Waals surface area contributed by atoms with Gasteiger partial charge in [-0.15, -0.1) is 0 Å². The van der Waals surface area contributed by atoms with Crippen molar-refractivity contribution in [1.82, 2.24) is 19.7 Å². The van der Waals surface area contributed by atoms with Gasteiger partial charge in [-0.2, -0.15) is 15.0 Å². The van der Waals surface area contributed by atoms with E-state index in [0.29, 0.717) is 25.0 Å². The van der Waals surface area contributed by atoms with E-state index in [1.54, 1.807) is 7.05 Å². The van der Waals surface area contributed by atoms with Crippen LogP contribution in [0.4, 0.5) is 11.9 Å². The van der Waals surface area contributed by atoms with Gasteiger partial charge in [-0.05, 0) is 6.42 Å². The number of sulfonamides is 1. The molecular weight excluding hydrogens is 284 g/mol. The van der Waals surface area contributed by atoms with E-state index in [1.165, 1.54) is 0 Å². The fourth-order valence-corrected chi connectivity index (χ4v) is 1.69. The molecule has 0 saturated heterocycles. The predicted molar refractivity (Wildman–Crippen MR) is 76.5 cm³/mol. The Morgan fingerprint density at radius 2 is 1.85 bits per heavy atom. The third-order valence-electron chi connectivity index (χ3n) is 2.05. The maximum atomic E-state index is 10.9. The highest BCUT2D eigenvalue weighted by atomic mass is 32.2. The Hall–Kier alpha value is -1.68. The van der Waals surface area contributed by atoms with Crippen LogP contribution in [0.2, 0.25) is 0 Å². The molecule has 1 heterocycles. The van der Waals surface area contributed by atoms with E-state index in [1.807, 2.05) is 6.92 Å². The molecule has 10 heteroatoms. The predicted octanol–water partition coefficient (Wildman–Crippen LogP) is -0.337. The zero-order valence-corrected chi connectivity index (χ0v) is 12.6. The average Bonchev–Trinajstić information content (AvgIpc) is 2.40. The molecule has 1 aromatic rings. The van der Waals surface area contributed by atoms with Crippen LogP contribution in [0.3, 0.4) is 0 Å². The minimum Gasteiger partial charge on any atom is -0.463 e. The SMILES string of the molecule is CCCOc1nc(NC)nc(NCCNS(C)(=O)=O)n1. The Balaban J connectivity index is 2.59. The summed E-state index contributed by atoms with van der Waals surface area (Å²) in [6.07, 6.45) is 1.95. The highest BCUT2D eigenvalue weighted by Crippen LogP contribution is 2.10. The summed E-state index contributed by atoms with van der Waals surface area (Å²) >= 11 is 0. The summed E-state index contributed by atoms with van der Waals surface area (Å²) in [6.45, 7) is 3.09. The summed E-state index contributed by atoms with van der Waals surface area (Å²) in [5.74, 6) is 0.704. The number of hydrogen-bond donors (Lipinski definition) is 3. The second kappa shape index (κ2) is 7.80. The van der Waals surface area contributed by atoms with Gasteiger partial charge in [-0.1, -0.05) is 6.92 Å². The van der Waals surface area contributed by atoms with Crippen LogP contribution < -0.4 is 20.1 Å². The molecule has 0 saturated carbocycles. The number of nitrogens with one attached hydrogen (secondary N) is 3. The molecule has 0 bridgehead atoms. The van der Waals surface area contributed by atoms with E-state index in [0.717, 1.165) is 12.7 Å². The van der Waals surface area contributed by atoms with Crippen molar-refractivity contribution >= 4 is 21.9 Å². The van der Waals surface area contributed by atoms with Gasteiger partial charge in [-0.3, -0.25) is 0 Å². The maximum Gasteiger partial charge on any atom is 0.323 e. The minimum absolute atomic E-state index is 0.227. The van der Waals surface area contributed by atoms with Crippen molar-refractivity contribution in [1.29, 1.82) is 0 Å². The smallest absolute Gasteiger partial charge is 0.323 e. The van der Waals surface area contributed by atoms with E-state index >= 15 is 0 Å². The Bertz CT molecular complexity index is 522. The molecule has 0 aliphatic heterocycles. The fourth-order valence-electron chi connectivity index (χ4n) is 1.22. The van der Waals surface area contributed by atoms with Crippen LogP contribution in [0, 0.1) is 0 Å². The number of ether oxygens (including phenoxy) is 1. The van der Waals surface area contributed by atoms with E-state index in [-0.39, 0.29) is 12.6 Å². The molecule has 3 N–H and O–H groups in total. The lowest BCUT2D eigenvalue weighted by Gasteiger charge is -2.09. The molecule has 0 fully saturated rings. The zero-order chi connectivity index (χ0) is 15.0. The molecule has 0 aliphatic rings. The van der Waals surface area contributed by atoms with Crippen molar-refractivity contribution in [3.8, 4) is 6.01 Å². The van der Waals surface area contributed by atoms with Gasteiger partial charge < -0.3 is 15.4 Å². The number of nitrogens with zero attached hydrogens (tertiary/aromatic N) is 3. The summed E-state index contributed by atoms with van der Waals surface area (Å²) in [5.41, 5.74) is 0. The molecule has 0 atom stereocenters. The molecule has 1 aromatic heterocycles. The summed E-state index contributed by atoms with van der Waals surface area (Å²) in [4.78, 5) is 12.2. The first kappa shape index (κ1) is 16.4. The van der Waals surface area contributed by atoms with Gasteiger partial charge in [0.15, 0.2) is 0 Å². The lowest BCUT2D eigenvalue weighted by Crippen LogP contribution is -2.28. The van der Waals surface area contributed by atoms with Crippen LogP contribution in [0.5, 0.6) is 6.01 Å². The van der Waals surface area contributed by atoms with Crippen molar-refractivity contribution in [2.75, 3.05) is 43.6 Å². The van der Waals surface area contributed by atoms with Gasteiger partial charge in [0.1, 0.15) is 0 Å². The van der Waals surface area contributed by atoms with Gasteiger partial charge in [0, 0.05) is 20.1 Å². The molecule has 1 rings (SSSR count). The third-order valence-corrected chi connectivity index (χ3v) is 2.77. The van der Waals surface area contributed by atoms with Crippen LogP contribution >= 0.6 is 0 Å².